The number of hydrogen-bond donors (Lipinski definition) is 1. The van der Waals surface area contributed by atoms with Crippen molar-refractivity contribution in [3.63, 3.8) is 0 Å². The number of carbonyl (C=O) groups is 1. The Balaban J connectivity index is 2.00. The molecule has 0 saturated carbocycles. The molecule has 1 heterocycles. The normalized spacial score (nSPS) is 10.2. The molecule has 2 rings (SSSR count). The second-order valence-corrected chi connectivity index (χ2v) is 3.05. The minimum Gasteiger partial charge on any atom is -0.484 e. The molecule has 1 aromatic heterocycles. The Morgan fingerprint density at radius 2 is 2.29 bits per heavy atom. The summed E-state index contributed by atoms with van der Waals surface area (Å²) in [6.07, 6.45) is 0. The standard InChI is InChI=1S/C10H7FN2O4/c11-6-2-1-3-7(4-6)16-5-8-12-13-9(17-8)10(14)15/h1-4H,5H2,(H,14,15). The van der Waals surface area contributed by atoms with E-state index in [2.05, 4.69) is 10.2 Å². The SMILES string of the molecule is O=C(O)c1nnc(COc2cccc(F)c2)o1. The molecule has 88 valence electrons. The van der Waals surface area contributed by atoms with E-state index in [0.29, 0.717) is 5.75 Å². The number of aromatic carboxylic acids is 1. The van der Waals surface area contributed by atoms with Crippen LogP contribution in [0.25, 0.3) is 0 Å². The predicted octanol–water partition coefficient (Wildman–Crippen LogP) is 1.49. The lowest BCUT2D eigenvalue weighted by molar-refractivity contribution is 0.0649. The van der Waals surface area contributed by atoms with Gasteiger partial charge in [-0.2, -0.15) is 0 Å². The fraction of sp³-hybridized carbons (Fsp3) is 0.100. The molecule has 1 N–H and O–H groups in total. The summed E-state index contributed by atoms with van der Waals surface area (Å²) in [6, 6.07) is 5.51. The maximum Gasteiger partial charge on any atom is 0.393 e. The monoisotopic (exact) mass is 238 g/mol. The molecular formula is C10H7FN2O4. The van der Waals surface area contributed by atoms with Gasteiger partial charge in [0.15, 0.2) is 6.61 Å². The lowest BCUT2D eigenvalue weighted by atomic mass is 10.3. The van der Waals surface area contributed by atoms with Crippen LogP contribution < -0.4 is 4.74 Å². The molecule has 0 aliphatic heterocycles. The minimum absolute atomic E-state index is 0.00617. The third kappa shape index (κ3) is 2.77. The third-order valence-electron chi connectivity index (χ3n) is 1.81. The lowest BCUT2D eigenvalue weighted by Gasteiger charge is -2.02. The highest BCUT2D eigenvalue weighted by molar-refractivity contribution is 5.81. The molecule has 0 saturated heterocycles. The fourth-order valence-corrected chi connectivity index (χ4v) is 1.10. The van der Waals surface area contributed by atoms with Gasteiger partial charge in [-0.3, -0.25) is 0 Å². The van der Waals surface area contributed by atoms with Crippen LogP contribution in [0.2, 0.25) is 0 Å². The van der Waals surface area contributed by atoms with Crippen molar-refractivity contribution in [2.75, 3.05) is 0 Å². The Bertz CT molecular complexity index is 541. The number of nitrogens with zero attached hydrogens (tertiary/aromatic N) is 2. The zero-order valence-electron chi connectivity index (χ0n) is 8.46. The van der Waals surface area contributed by atoms with Crippen molar-refractivity contribution >= 4 is 5.97 Å². The molecule has 6 nitrogen and oxygen atoms in total. The fourth-order valence-electron chi connectivity index (χ4n) is 1.10. The van der Waals surface area contributed by atoms with Crippen molar-refractivity contribution < 1.29 is 23.4 Å². The third-order valence-corrected chi connectivity index (χ3v) is 1.81. The molecule has 0 amide bonds. The van der Waals surface area contributed by atoms with Crippen LogP contribution in [0.3, 0.4) is 0 Å². The van der Waals surface area contributed by atoms with E-state index in [1.54, 1.807) is 6.07 Å². The first-order chi connectivity index (χ1) is 8.15. The Hall–Kier alpha value is -2.44. The molecular weight excluding hydrogens is 231 g/mol. The molecule has 0 unspecified atom stereocenters. The number of ether oxygens (including phenoxy) is 1. The van der Waals surface area contributed by atoms with E-state index in [1.165, 1.54) is 18.2 Å². The highest BCUT2D eigenvalue weighted by atomic mass is 19.1. The van der Waals surface area contributed by atoms with E-state index in [9.17, 15) is 9.18 Å². The summed E-state index contributed by atoms with van der Waals surface area (Å²) >= 11 is 0. The minimum atomic E-state index is -1.31. The first kappa shape index (κ1) is 11.1. The molecule has 0 radical (unpaired) electrons. The number of hydrogen-bond acceptors (Lipinski definition) is 5. The van der Waals surface area contributed by atoms with Gasteiger partial charge in [-0.15, -0.1) is 10.2 Å². The van der Waals surface area contributed by atoms with Gasteiger partial charge in [0.2, 0.25) is 0 Å². The molecule has 0 aliphatic carbocycles. The van der Waals surface area contributed by atoms with Gasteiger partial charge in [0.05, 0.1) is 0 Å². The summed E-state index contributed by atoms with van der Waals surface area (Å²) in [5.41, 5.74) is 0. The first-order valence-electron chi connectivity index (χ1n) is 4.59. The summed E-state index contributed by atoms with van der Waals surface area (Å²) < 4.78 is 22.7. The van der Waals surface area contributed by atoms with Crippen molar-refractivity contribution in [3.05, 3.63) is 41.9 Å². The summed E-state index contributed by atoms with van der Waals surface area (Å²) in [5, 5.41) is 15.3. The molecule has 0 aliphatic rings. The van der Waals surface area contributed by atoms with Gasteiger partial charge in [0.1, 0.15) is 11.6 Å². The number of halogens is 1. The molecule has 17 heavy (non-hydrogen) atoms. The largest absolute Gasteiger partial charge is 0.484 e. The molecule has 2 aromatic rings. The van der Waals surface area contributed by atoms with Crippen molar-refractivity contribution in [3.8, 4) is 5.75 Å². The number of carboxylic acids is 1. The molecule has 0 fully saturated rings. The van der Waals surface area contributed by atoms with Gasteiger partial charge < -0.3 is 14.3 Å². The number of carboxylic acid groups (broad SMARTS) is 1. The van der Waals surface area contributed by atoms with Crippen molar-refractivity contribution in [1.29, 1.82) is 0 Å². The second kappa shape index (κ2) is 4.60. The van der Waals surface area contributed by atoms with Crippen LogP contribution in [0.4, 0.5) is 4.39 Å². The van der Waals surface area contributed by atoms with Crippen molar-refractivity contribution in [2.45, 2.75) is 6.61 Å². The topological polar surface area (TPSA) is 85.5 Å². The summed E-state index contributed by atoms with van der Waals surface area (Å²) in [6.45, 7) is -0.121. The summed E-state index contributed by atoms with van der Waals surface area (Å²) in [7, 11) is 0. The van der Waals surface area contributed by atoms with E-state index in [0.717, 1.165) is 0 Å². The molecule has 1 aromatic carbocycles. The van der Waals surface area contributed by atoms with E-state index in [4.69, 9.17) is 14.3 Å². The Labute approximate surface area is 94.7 Å². The number of rotatable bonds is 4. The quantitative estimate of drug-likeness (QED) is 0.868. The predicted molar refractivity (Wildman–Crippen MR) is 52.0 cm³/mol. The van der Waals surface area contributed by atoms with Gasteiger partial charge in [-0.05, 0) is 12.1 Å². The average Bonchev–Trinajstić information content (AvgIpc) is 2.75. The number of benzene rings is 1. The second-order valence-electron chi connectivity index (χ2n) is 3.05. The average molecular weight is 238 g/mol. The van der Waals surface area contributed by atoms with Crippen LogP contribution in [0, 0.1) is 5.82 Å². The zero-order chi connectivity index (χ0) is 12.3. The Morgan fingerprint density at radius 1 is 1.47 bits per heavy atom. The van der Waals surface area contributed by atoms with Crippen LogP contribution in [-0.2, 0) is 6.61 Å². The van der Waals surface area contributed by atoms with Crippen LogP contribution in [0.5, 0.6) is 5.75 Å². The molecule has 7 heteroatoms. The van der Waals surface area contributed by atoms with Crippen molar-refractivity contribution in [1.82, 2.24) is 10.2 Å². The Kier molecular flexibility index (Phi) is 2.99. The van der Waals surface area contributed by atoms with Crippen LogP contribution in [0.1, 0.15) is 16.6 Å². The molecule has 0 atom stereocenters. The zero-order valence-corrected chi connectivity index (χ0v) is 8.46. The molecule has 0 spiro atoms. The van der Waals surface area contributed by atoms with Crippen LogP contribution in [-0.4, -0.2) is 21.3 Å². The van der Waals surface area contributed by atoms with Crippen molar-refractivity contribution in [2.24, 2.45) is 0 Å². The van der Waals surface area contributed by atoms with Gasteiger partial charge in [-0.25, -0.2) is 9.18 Å². The Morgan fingerprint density at radius 3 is 2.94 bits per heavy atom. The van der Waals surface area contributed by atoms with Gasteiger partial charge in [-0.1, -0.05) is 6.07 Å². The smallest absolute Gasteiger partial charge is 0.393 e. The highest BCUT2D eigenvalue weighted by Gasteiger charge is 2.13. The van der Waals surface area contributed by atoms with E-state index >= 15 is 0 Å². The van der Waals surface area contributed by atoms with Gasteiger partial charge in [0, 0.05) is 6.07 Å². The molecule has 0 bridgehead atoms. The van der Waals surface area contributed by atoms with Crippen LogP contribution in [0.15, 0.2) is 28.7 Å². The van der Waals surface area contributed by atoms with E-state index < -0.39 is 17.7 Å². The maximum absolute atomic E-state index is 12.8. The highest BCUT2D eigenvalue weighted by Crippen LogP contribution is 2.13. The summed E-state index contributed by atoms with van der Waals surface area (Å²) in [4.78, 5) is 10.4. The van der Waals surface area contributed by atoms with Gasteiger partial charge >= 0.3 is 11.9 Å². The maximum atomic E-state index is 12.8. The van der Waals surface area contributed by atoms with Crippen LogP contribution >= 0.6 is 0 Å². The first-order valence-corrected chi connectivity index (χ1v) is 4.59. The summed E-state index contributed by atoms with van der Waals surface area (Å²) in [5.74, 6) is -1.96. The number of aromatic nitrogens is 2. The van der Waals surface area contributed by atoms with E-state index in [-0.39, 0.29) is 12.5 Å². The van der Waals surface area contributed by atoms with E-state index in [1.807, 2.05) is 0 Å². The lowest BCUT2D eigenvalue weighted by Crippen LogP contribution is -1.96. The van der Waals surface area contributed by atoms with Gasteiger partial charge in [0.25, 0.3) is 5.89 Å².